The molecule has 0 saturated carbocycles. The topological polar surface area (TPSA) is 116 Å². The summed E-state index contributed by atoms with van der Waals surface area (Å²) in [6.07, 6.45) is 1.14. The number of carbonyl (C=O) groups is 3. The number of nitrogens with zero attached hydrogens (tertiary/aromatic N) is 2. The molecule has 11 heteroatoms. The largest absolute Gasteiger partial charge is 0.325 e. The van der Waals surface area contributed by atoms with Crippen molar-refractivity contribution in [2.45, 2.75) is 23.8 Å². The number of carbonyl (C=O) groups excluding carboxylic acids is 3. The second-order valence-electron chi connectivity index (χ2n) is 8.10. The zero-order valence-corrected chi connectivity index (χ0v) is 19.4. The molecular weight excluding hydrogens is 468 g/mol. The highest BCUT2D eigenvalue weighted by Crippen LogP contribution is 2.25. The predicted octanol–water partition coefficient (Wildman–Crippen LogP) is 1.95. The van der Waals surface area contributed by atoms with Crippen molar-refractivity contribution in [3.8, 4) is 0 Å². The van der Waals surface area contributed by atoms with Gasteiger partial charge in [0.25, 0.3) is 11.8 Å². The summed E-state index contributed by atoms with van der Waals surface area (Å²) in [5, 5.41) is 3.23. The molecule has 0 bridgehead atoms. The van der Waals surface area contributed by atoms with Crippen molar-refractivity contribution in [1.29, 1.82) is 0 Å². The van der Waals surface area contributed by atoms with Crippen molar-refractivity contribution >= 4 is 45.0 Å². The van der Waals surface area contributed by atoms with Crippen LogP contribution in [0.2, 0.25) is 5.02 Å². The second-order valence-corrected chi connectivity index (χ2v) is 10.3. The molecular formula is C22H23ClN4O5S. The summed E-state index contributed by atoms with van der Waals surface area (Å²) in [5.41, 5.74) is 1.04. The van der Waals surface area contributed by atoms with Gasteiger partial charge in [0.15, 0.2) is 0 Å². The number of sulfonamides is 1. The summed E-state index contributed by atoms with van der Waals surface area (Å²) in [5.74, 6) is -1.00. The number of imide groups is 1. The molecule has 2 aromatic carbocycles. The van der Waals surface area contributed by atoms with Gasteiger partial charge in [-0.25, -0.2) is 13.1 Å². The maximum Gasteiger partial charge on any atom is 0.261 e. The van der Waals surface area contributed by atoms with Crippen molar-refractivity contribution in [2.75, 3.05) is 32.0 Å². The molecule has 0 radical (unpaired) electrons. The summed E-state index contributed by atoms with van der Waals surface area (Å²) in [7, 11) is -2.22. The van der Waals surface area contributed by atoms with Gasteiger partial charge in [-0.15, -0.1) is 0 Å². The first-order chi connectivity index (χ1) is 15.6. The SMILES string of the molecule is CN1C(=O)c2ccc(NC(=O)CN3CCC(NS(=O)(=O)c4ccc(Cl)cc4)CC3)cc2C1=O. The first kappa shape index (κ1) is 23.4. The van der Waals surface area contributed by atoms with Gasteiger partial charge in [0.05, 0.1) is 22.6 Å². The van der Waals surface area contributed by atoms with Crippen molar-refractivity contribution in [2.24, 2.45) is 0 Å². The van der Waals surface area contributed by atoms with Crippen molar-refractivity contribution in [3.05, 3.63) is 58.6 Å². The van der Waals surface area contributed by atoms with E-state index < -0.39 is 15.9 Å². The Morgan fingerprint density at radius 3 is 2.33 bits per heavy atom. The second kappa shape index (κ2) is 9.22. The Kier molecular flexibility index (Phi) is 6.53. The van der Waals surface area contributed by atoms with Crippen LogP contribution in [-0.2, 0) is 14.8 Å². The quantitative estimate of drug-likeness (QED) is 0.598. The zero-order valence-electron chi connectivity index (χ0n) is 17.9. The highest BCUT2D eigenvalue weighted by Gasteiger charge is 2.33. The fourth-order valence-electron chi connectivity index (χ4n) is 3.95. The number of anilines is 1. The third-order valence-corrected chi connectivity index (χ3v) is 7.56. The minimum atomic E-state index is -3.64. The summed E-state index contributed by atoms with van der Waals surface area (Å²) >= 11 is 5.82. The smallest absolute Gasteiger partial charge is 0.261 e. The van der Waals surface area contributed by atoms with Crippen LogP contribution in [0.3, 0.4) is 0 Å². The number of amides is 3. The third kappa shape index (κ3) is 5.09. The van der Waals surface area contributed by atoms with Crippen LogP contribution in [0.4, 0.5) is 5.69 Å². The molecule has 9 nitrogen and oxygen atoms in total. The highest BCUT2D eigenvalue weighted by atomic mass is 35.5. The number of rotatable bonds is 6. The number of hydrogen-bond donors (Lipinski definition) is 2. The Morgan fingerprint density at radius 1 is 1.03 bits per heavy atom. The molecule has 0 spiro atoms. The molecule has 2 aliphatic rings. The third-order valence-electron chi connectivity index (χ3n) is 5.77. The van der Waals surface area contributed by atoms with Crippen molar-refractivity contribution in [1.82, 2.24) is 14.5 Å². The molecule has 0 atom stereocenters. The molecule has 0 aliphatic carbocycles. The van der Waals surface area contributed by atoms with E-state index >= 15 is 0 Å². The zero-order chi connectivity index (χ0) is 23.8. The average molecular weight is 491 g/mol. The Balaban J connectivity index is 1.28. The molecule has 33 heavy (non-hydrogen) atoms. The molecule has 2 N–H and O–H groups in total. The monoisotopic (exact) mass is 490 g/mol. The molecule has 3 amide bonds. The number of likely N-dealkylation sites (tertiary alicyclic amines) is 1. The lowest BCUT2D eigenvalue weighted by Crippen LogP contribution is -2.46. The Morgan fingerprint density at radius 2 is 1.67 bits per heavy atom. The molecule has 1 fully saturated rings. The van der Waals surface area contributed by atoms with E-state index in [4.69, 9.17) is 11.6 Å². The fourth-order valence-corrected chi connectivity index (χ4v) is 5.38. The summed E-state index contributed by atoms with van der Waals surface area (Å²) in [4.78, 5) is 39.7. The lowest BCUT2D eigenvalue weighted by atomic mass is 10.1. The summed E-state index contributed by atoms with van der Waals surface area (Å²) in [6.45, 7) is 1.26. The standard InChI is InChI=1S/C22H23ClN4O5S/c1-26-21(29)18-7-4-16(12-19(18)22(26)30)24-20(28)13-27-10-8-15(9-11-27)25-33(31,32)17-5-2-14(23)3-6-17/h2-7,12,15,25H,8-11,13H2,1H3,(H,24,28). The van der Waals surface area contributed by atoms with Gasteiger partial charge in [0.1, 0.15) is 0 Å². The molecule has 0 aromatic heterocycles. The Bertz CT molecular complexity index is 1210. The van der Waals surface area contributed by atoms with Crippen LogP contribution in [0, 0.1) is 0 Å². The normalized spacial score (nSPS) is 17.3. The van der Waals surface area contributed by atoms with Crippen LogP contribution in [-0.4, -0.2) is 68.7 Å². The van der Waals surface area contributed by atoms with Crippen LogP contribution in [0.1, 0.15) is 33.6 Å². The lowest BCUT2D eigenvalue weighted by molar-refractivity contribution is -0.117. The molecule has 2 aliphatic heterocycles. The molecule has 2 aromatic rings. The number of hydrogen-bond acceptors (Lipinski definition) is 6. The first-order valence-corrected chi connectivity index (χ1v) is 12.3. The molecule has 174 valence electrons. The van der Waals surface area contributed by atoms with Gasteiger partial charge in [-0.05, 0) is 55.3 Å². The van der Waals surface area contributed by atoms with Gasteiger partial charge in [-0.3, -0.25) is 24.2 Å². The van der Waals surface area contributed by atoms with Gasteiger partial charge >= 0.3 is 0 Å². The van der Waals surface area contributed by atoms with Crippen LogP contribution >= 0.6 is 11.6 Å². The van der Waals surface area contributed by atoms with E-state index in [0.29, 0.717) is 42.2 Å². The molecule has 2 heterocycles. The molecule has 1 saturated heterocycles. The lowest BCUT2D eigenvalue weighted by Gasteiger charge is -2.31. The van der Waals surface area contributed by atoms with Gasteiger partial charge in [0, 0.05) is 36.9 Å². The van der Waals surface area contributed by atoms with Gasteiger partial charge < -0.3 is 5.32 Å². The van der Waals surface area contributed by atoms with Gasteiger partial charge in [-0.2, -0.15) is 0 Å². The van der Waals surface area contributed by atoms with E-state index in [9.17, 15) is 22.8 Å². The fraction of sp³-hybridized carbons (Fsp3) is 0.318. The van der Waals surface area contributed by atoms with Crippen LogP contribution in [0.5, 0.6) is 0 Å². The highest BCUT2D eigenvalue weighted by molar-refractivity contribution is 7.89. The maximum atomic E-state index is 12.5. The minimum Gasteiger partial charge on any atom is -0.325 e. The maximum absolute atomic E-state index is 12.5. The van der Waals surface area contributed by atoms with Gasteiger partial charge in [0.2, 0.25) is 15.9 Å². The molecule has 0 unspecified atom stereocenters. The van der Waals surface area contributed by atoms with E-state index in [2.05, 4.69) is 10.0 Å². The molecule has 4 rings (SSSR count). The Hall–Kier alpha value is -2.79. The summed E-state index contributed by atoms with van der Waals surface area (Å²) in [6, 6.07) is 10.4. The van der Waals surface area contributed by atoms with Crippen LogP contribution in [0.15, 0.2) is 47.4 Å². The predicted molar refractivity (Wildman–Crippen MR) is 123 cm³/mol. The number of halogens is 1. The minimum absolute atomic E-state index is 0.139. The van der Waals surface area contributed by atoms with Crippen LogP contribution < -0.4 is 10.0 Å². The van der Waals surface area contributed by atoms with E-state index in [1.807, 2.05) is 4.90 Å². The number of piperidine rings is 1. The number of fused-ring (bicyclic) bond motifs is 1. The van der Waals surface area contributed by atoms with Crippen molar-refractivity contribution < 1.29 is 22.8 Å². The Labute approximate surface area is 196 Å². The van der Waals surface area contributed by atoms with Crippen LogP contribution in [0.25, 0.3) is 0 Å². The average Bonchev–Trinajstić information content (AvgIpc) is 2.99. The number of benzene rings is 2. The van der Waals surface area contributed by atoms with E-state index in [1.165, 1.54) is 43.4 Å². The van der Waals surface area contributed by atoms with E-state index in [-0.39, 0.29) is 34.9 Å². The summed E-state index contributed by atoms with van der Waals surface area (Å²) < 4.78 is 27.8. The number of nitrogens with one attached hydrogen (secondary N) is 2. The van der Waals surface area contributed by atoms with Crippen molar-refractivity contribution in [3.63, 3.8) is 0 Å². The van der Waals surface area contributed by atoms with E-state index in [0.717, 1.165) is 4.90 Å². The van der Waals surface area contributed by atoms with E-state index in [1.54, 1.807) is 6.07 Å². The van der Waals surface area contributed by atoms with Gasteiger partial charge in [-0.1, -0.05) is 11.6 Å². The first-order valence-electron chi connectivity index (χ1n) is 10.4.